The van der Waals surface area contributed by atoms with Crippen LogP contribution in [0.25, 0.3) is 0 Å². The predicted molar refractivity (Wildman–Crippen MR) is 94.5 cm³/mol. The lowest BCUT2D eigenvalue weighted by Crippen LogP contribution is -2.25. The van der Waals surface area contributed by atoms with Crippen LogP contribution in [0.5, 0.6) is 5.75 Å². The highest BCUT2D eigenvalue weighted by Crippen LogP contribution is 2.28. The zero-order valence-corrected chi connectivity index (χ0v) is 14.5. The first-order valence-electron chi connectivity index (χ1n) is 7.39. The van der Waals surface area contributed by atoms with Crippen LogP contribution < -0.4 is 15.4 Å². The Bertz CT molecular complexity index is 729. The molecule has 0 atom stereocenters. The van der Waals surface area contributed by atoms with Gasteiger partial charge in [-0.25, -0.2) is 4.79 Å². The second kappa shape index (κ2) is 7.38. The third-order valence-electron chi connectivity index (χ3n) is 3.76. The van der Waals surface area contributed by atoms with Crippen LogP contribution in [0.2, 0.25) is 5.02 Å². The lowest BCUT2D eigenvalue weighted by atomic mass is 10.1. The maximum atomic E-state index is 11.5. The Hall–Kier alpha value is -2.20. The smallest absolute Gasteiger partial charge is 0.318 e. The summed E-state index contributed by atoms with van der Waals surface area (Å²) >= 11 is 6.27. The zero-order chi connectivity index (χ0) is 17.0. The van der Waals surface area contributed by atoms with Crippen molar-refractivity contribution >= 4 is 23.3 Å². The number of aryl methyl sites for hydroxylation is 3. The minimum absolute atomic E-state index is 0.280. The molecule has 0 aliphatic heterocycles. The van der Waals surface area contributed by atoms with Gasteiger partial charge in [-0.3, -0.25) is 0 Å². The van der Waals surface area contributed by atoms with E-state index in [4.69, 9.17) is 16.3 Å². The van der Waals surface area contributed by atoms with Crippen LogP contribution in [0, 0.1) is 20.8 Å². The number of carbonyl (C=O) groups is 1. The normalized spacial score (nSPS) is 10.3. The second-order valence-corrected chi connectivity index (χ2v) is 5.87. The highest BCUT2D eigenvalue weighted by atomic mass is 35.5. The number of nitrogens with one attached hydrogen (secondary N) is 2. The summed E-state index contributed by atoms with van der Waals surface area (Å²) in [6.07, 6.45) is 0. The van der Waals surface area contributed by atoms with E-state index >= 15 is 0 Å². The highest BCUT2D eigenvalue weighted by molar-refractivity contribution is 6.31. The number of hydrogen-bond donors (Lipinski definition) is 2. The molecule has 0 bridgehead atoms. The summed E-state index contributed by atoms with van der Waals surface area (Å²) < 4.78 is 5.94. The Kier molecular flexibility index (Phi) is 5.50. The number of ether oxygens (including phenoxy) is 1. The maximum absolute atomic E-state index is 11.5. The molecular weight excluding hydrogens is 312 g/mol. The monoisotopic (exact) mass is 332 g/mol. The average molecular weight is 333 g/mol. The molecule has 4 nitrogen and oxygen atoms in total. The van der Waals surface area contributed by atoms with Crippen molar-refractivity contribution in [2.75, 3.05) is 12.4 Å². The summed E-state index contributed by atoms with van der Waals surface area (Å²) in [5, 5.41) is 5.84. The van der Waals surface area contributed by atoms with Crippen molar-refractivity contribution in [1.82, 2.24) is 5.32 Å². The van der Waals surface area contributed by atoms with Gasteiger partial charge in [0, 0.05) is 17.6 Å². The molecule has 0 saturated heterocycles. The number of anilines is 1. The molecule has 2 aromatic rings. The molecule has 0 unspecified atom stereocenters. The SMILES string of the molecule is CNC(=O)Nc1cccc(Cl)c1COc1cc(C)c(C)cc1C. The van der Waals surface area contributed by atoms with Crippen LogP contribution in [0.3, 0.4) is 0 Å². The standard InChI is InChI=1S/C18H21ClN2O2/c1-11-8-13(3)17(9-12(11)2)23-10-14-15(19)6-5-7-16(14)21-18(22)20-4/h5-9H,10H2,1-4H3,(H2,20,21,22). The van der Waals surface area contributed by atoms with Crippen molar-refractivity contribution in [1.29, 1.82) is 0 Å². The molecule has 0 radical (unpaired) electrons. The van der Waals surface area contributed by atoms with Gasteiger partial charge in [0.2, 0.25) is 0 Å². The van der Waals surface area contributed by atoms with E-state index in [9.17, 15) is 4.79 Å². The average Bonchev–Trinajstić information content (AvgIpc) is 2.51. The molecule has 122 valence electrons. The van der Waals surface area contributed by atoms with E-state index in [1.807, 2.05) is 13.0 Å². The largest absolute Gasteiger partial charge is 0.488 e. The van der Waals surface area contributed by atoms with E-state index in [0.717, 1.165) is 16.9 Å². The lowest BCUT2D eigenvalue weighted by molar-refractivity contribution is 0.254. The lowest BCUT2D eigenvalue weighted by Gasteiger charge is -2.15. The van der Waals surface area contributed by atoms with E-state index in [0.29, 0.717) is 10.7 Å². The number of urea groups is 1. The molecule has 2 amide bonds. The van der Waals surface area contributed by atoms with E-state index in [-0.39, 0.29) is 12.6 Å². The molecule has 2 aromatic carbocycles. The molecule has 0 spiro atoms. The van der Waals surface area contributed by atoms with Gasteiger partial charge in [0.1, 0.15) is 12.4 Å². The van der Waals surface area contributed by atoms with Crippen LogP contribution in [0.15, 0.2) is 30.3 Å². The quantitative estimate of drug-likeness (QED) is 0.860. The van der Waals surface area contributed by atoms with Gasteiger partial charge in [-0.05, 0) is 55.7 Å². The van der Waals surface area contributed by atoms with E-state index in [2.05, 4.69) is 30.5 Å². The fourth-order valence-electron chi connectivity index (χ4n) is 2.25. The molecule has 23 heavy (non-hydrogen) atoms. The summed E-state index contributed by atoms with van der Waals surface area (Å²) in [5.74, 6) is 0.818. The summed E-state index contributed by atoms with van der Waals surface area (Å²) in [6.45, 7) is 6.42. The Labute approximate surface area is 141 Å². The number of rotatable bonds is 4. The fourth-order valence-corrected chi connectivity index (χ4v) is 2.48. The van der Waals surface area contributed by atoms with Crippen LogP contribution in [-0.2, 0) is 6.61 Å². The molecule has 0 fully saturated rings. The van der Waals surface area contributed by atoms with Crippen molar-refractivity contribution < 1.29 is 9.53 Å². The van der Waals surface area contributed by atoms with E-state index in [1.165, 1.54) is 11.1 Å². The van der Waals surface area contributed by atoms with Crippen LogP contribution in [0.4, 0.5) is 10.5 Å². The van der Waals surface area contributed by atoms with Crippen molar-refractivity contribution in [2.45, 2.75) is 27.4 Å². The van der Waals surface area contributed by atoms with Crippen LogP contribution in [-0.4, -0.2) is 13.1 Å². The van der Waals surface area contributed by atoms with Gasteiger partial charge in [-0.15, -0.1) is 0 Å². The van der Waals surface area contributed by atoms with Crippen molar-refractivity contribution in [3.8, 4) is 5.75 Å². The van der Waals surface area contributed by atoms with Gasteiger partial charge in [-0.1, -0.05) is 23.7 Å². The Morgan fingerprint density at radius 3 is 2.52 bits per heavy atom. The van der Waals surface area contributed by atoms with E-state index in [1.54, 1.807) is 25.2 Å². The van der Waals surface area contributed by atoms with Gasteiger partial charge in [-0.2, -0.15) is 0 Å². The molecule has 0 aliphatic rings. The Morgan fingerprint density at radius 2 is 1.83 bits per heavy atom. The summed E-state index contributed by atoms with van der Waals surface area (Å²) in [6, 6.07) is 9.19. The van der Waals surface area contributed by atoms with E-state index < -0.39 is 0 Å². The van der Waals surface area contributed by atoms with Gasteiger partial charge < -0.3 is 15.4 Å². The topological polar surface area (TPSA) is 50.4 Å². The first kappa shape index (κ1) is 17.2. The third kappa shape index (κ3) is 4.17. The molecule has 2 N–H and O–H groups in total. The van der Waals surface area contributed by atoms with Gasteiger partial charge >= 0.3 is 6.03 Å². The fraction of sp³-hybridized carbons (Fsp3) is 0.278. The highest BCUT2D eigenvalue weighted by Gasteiger charge is 2.11. The molecule has 0 aromatic heterocycles. The number of halogens is 1. The van der Waals surface area contributed by atoms with Gasteiger partial charge in [0.05, 0.1) is 5.69 Å². The molecule has 0 aliphatic carbocycles. The predicted octanol–water partition coefficient (Wildman–Crippen LogP) is 4.60. The van der Waals surface area contributed by atoms with Gasteiger partial charge in [0.15, 0.2) is 0 Å². The van der Waals surface area contributed by atoms with Crippen LogP contribution >= 0.6 is 11.6 Å². The first-order valence-corrected chi connectivity index (χ1v) is 7.77. The number of amides is 2. The molecule has 2 rings (SSSR count). The van der Waals surface area contributed by atoms with Crippen LogP contribution in [0.1, 0.15) is 22.3 Å². The number of carbonyl (C=O) groups excluding carboxylic acids is 1. The maximum Gasteiger partial charge on any atom is 0.318 e. The van der Waals surface area contributed by atoms with Crippen molar-refractivity contribution in [3.05, 3.63) is 57.6 Å². The second-order valence-electron chi connectivity index (χ2n) is 5.46. The minimum atomic E-state index is -0.295. The Balaban J connectivity index is 2.23. The minimum Gasteiger partial charge on any atom is -0.488 e. The summed E-state index contributed by atoms with van der Waals surface area (Å²) in [7, 11) is 1.56. The van der Waals surface area contributed by atoms with Gasteiger partial charge in [0.25, 0.3) is 0 Å². The first-order chi connectivity index (χ1) is 10.9. The Morgan fingerprint density at radius 1 is 1.13 bits per heavy atom. The molecule has 0 saturated carbocycles. The number of benzene rings is 2. The summed E-state index contributed by atoms with van der Waals surface area (Å²) in [5.41, 5.74) is 4.86. The summed E-state index contributed by atoms with van der Waals surface area (Å²) in [4.78, 5) is 11.5. The molecule has 0 heterocycles. The molecule has 5 heteroatoms. The van der Waals surface area contributed by atoms with Crippen molar-refractivity contribution in [3.63, 3.8) is 0 Å². The zero-order valence-electron chi connectivity index (χ0n) is 13.8. The third-order valence-corrected chi connectivity index (χ3v) is 4.11. The molecular formula is C18H21ClN2O2. The van der Waals surface area contributed by atoms with Crippen molar-refractivity contribution in [2.24, 2.45) is 0 Å². The number of hydrogen-bond acceptors (Lipinski definition) is 2.